The van der Waals surface area contributed by atoms with E-state index in [0.717, 1.165) is 29.2 Å². The molecule has 2 aromatic rings. The Kier molecular flexibility index (Phi) is 5.11. The van der Waals surface area contributed by atoms with Crippen LogP contribution >= 0.6 is 0 Å². The van der Waals surface area contributed by atoms with Crippen LogP contribution in [0, 0.1) is 18.8 Å². The average molecular weight is 361 g/mol. The Hall–Kier alpha value is -1.92. The number of carbonyl (C=O) groups is 1. The van der Waals surface area contributed by atoms with E-state index in [4.69, 9.17) is 5.11 Å². The lowest BCUT2D eigenvalue weighted by Crippen LogP contribution is -2.32. The molecule has 25 heavy (non-hydrogen) atoms. The number of carboxylic acids is 1. The summed E-state index contributed by atoms with van der Waals surface area (Å²) in [7, 11) is -3.56. The number of benzene rings is 2. The lowest BCUT2D eigenvalue weighted by atomic mass is 9.82. The van der Waals surface area contributed by atoms with Crippen LogP contribution in [0.25, 0.3) is 10.8 Å². The van der Waals surface area contributed by atoms with E-state index in [9.17, 15) is 13.2 Å². The van der Waals surface area contributed by atoms with Crippen molar-refractivity contribution < 1.29 is 18.3 Å². The average Bonchev–Trinajstić information content (AvgIpc) is 2.60. The molecule has 134 valence electrons. The van der Waals surface area contributed by atoms with Gasteiger partial charge in [-0.2, -0.15) is 0 Å². The molecular weight excluding hydrogens is 338 g/mol. The van der Waals surface area contributed by atoms with Crippen LogP contribution in [0.2, 0.25) is 0 Å². The zero-order chi connectivity index (χ0) is 18.0. The summed E-state index contributed by atoms with van der Waals surface area (Å²) in [5, 5.41) is 10.9. The molecule has 0 bridgehead atoms. The van der Waals surface area contributed by atoms with E-state index in [1.54, 1.807) is 12.1 Å². The van der Waals surface area contributed by atoms with Gasteiger partial charge >= 0.3 is 5.97 Å². The fourth-order valence-corrected chi connectivity index (χ4v) is 4.59. The molecule has 1 saturated carbocycles. The quantitative estimate of drug-likeness (QED) is 0.856. The normalized spacial score (nSPS) is 21.3. The highest BCUT2D eigenvalue weighted by molar-refractivity contribution is 7.89. The molecule has 1 aliphatic carbocycles. The van der Waals surface area contributed by atoms with E-state index in [-0.39, 0.29) is 16.7 Å². The Morgan fingerprint density at radius 2 is 1.72 bits per heavy atom. The van der Waals surface area contributed by atoms with Gasteiger partial charge in [0, 0.05) is 6.54 Å². The standard InChI is InChI=1S/C19H23NO4S/c1-13-2-5-17-11-18(9-8-16(17)10-13)25(23,24)20-12-14-3-6-15(7-4-14)19(21)22/h2,5,8-11,14-15,20H,3-4,6-7,12H2,1H3,(H,21,22). The van der Waals surface area contributed by atoms with Crippen molar-refractivity contribution in [3.05, 3.63) is 42.0 Å². The van der Waals surface area contributed by atoms with Gasteiger partial charge in [0.15, 0.2) is 0 Å². The van der Waals surface area contributed by atoms with Crippen LogP contribution in [-0.4, -0.2) is 26.0 Å². The number of nitrogens with one attached hydrogen (secondary N) is 1. The maximum Gasteiger partial charge on any atom is 0.306 e. The highest BCUT2D eigenvalue weighted by Gasteiger charge is 2.27. The summed E-state index contributed by atoms with van der Waals surface area (Å²) < 4.78 is 27.8. The summed E-state index contributed by atoms with van der Waals surface area (Å²) in [6, 6.07) is 11.1. The fourth-order valence-electron chi connectivity index (χ4n) is 3.43. The van der Waals surface area contributed by atoms with Crippen LogP contribution in [0.1, 0.15) is 31.2 Å². The molecule has 0 spiro atoms. The molecule has 2 N–H and O–H groups in total. The van der Waals surface area contributed by atoms with Gasteiger partial charge in [0.1, 0.15) is 0 Å². The number of sulfonamides is 1. The molecule has 0 aromatic heterocycles. The maximum atomic E-state index is 12.6. The summed E-state index contributed by atoms with van der Waals surface area (Å²) in [4.78, 5) is 11.2. The van der Waals surface area contributed by atoms with E-state index < -0.39 is 16.0 Å². The minimum absolute atomic E-state index is 0.202. The zero-order valence-corrected chi connectivity index (χ0v) is 15.1. The maximum absolute atomic E-state index is 12.6. The van der Waals surface area contributed by atoms with E-state index in [0.29, 0.717) is 19.4 Å². The largest absolute Gasteiger partial charge is 0.481 e. The topological polar surface area (TPSA) is 83.5 Å². The number of carboxylic acid groups (broad SMARTS) is 1. The molecule has 6 heteroatoms. The Bertz CT molecular complexity index is 883. The van der Waals surface area contributed by atoms with Crippen molar-refractivity contribution in [3.8, 4) is 0 Å². The van der Waals surface area contributed by atoms with Gasteiger partial charge in [0.05, 0.1) is 10.8 Å². The van der Waals surface area contributed by atoms with E-state index in [1.165, 1.54) is 0 Å². The number of hydrogen-bond donors (Lipinski definition) is 2. The minimum Gasteiger partial charge on any atom is -0.481 e. The van der Waals surface area contributed by atoms with E-state index >= 15 is 0 Å². The highest BCUT2D eigenvalue weighted by atomic mass is 32.2. The molecule has 0 heterocycles. The molecule has 1 fully saturated rings. The molecule has 3 rings (SSSR count). The lowest BCUT2D eigenvalue weighted by molar-refractivity contribution is -0.143. The van der Waals surface area contributed by atoms with Crippen molar-refractivity contribution in [1.82, 2.24) is 4.72 Å². The van der Waals surface area contributed by atoms with Gasteiger partial charge in [0.25, 0.3) is 0 Å². The van der Waals surface area contributed by atoms with Gasteiger partial charge in [-0.3, -0.25) is 4.79 Å². The molecule has 0 atom stereocenters. The van der Waals surface area contributed by atoms with Crippen LogP contribution < -0.4 is 4.72 Å². The molecule has 0 amide bonds. The van der Waals surface area contributed by atoms with Crippen LogP contribution in [0.15, 0.2) is 41.3 Å². The molecule has 0 saturated heterocycles. The van der Waals surface area contributed by atoms with E-state index in [2.05, 4.69) is 4.72 Å². The van der Waals surface area contributed by atoms with Crippen molar-refractivity contribution in [3.63, 3.8) is 0 Å². The first-order valence-electron chi connectivity index (χ1n) is 8.58. The van der Waals surface area contributed by atoms with Gasteiger partial charge < -0.3 is 5.11 Å². The molecule has 0 unspecified atom stereocenters. The van der Waals surface area contributed by atoms with Crippen molar-refractivity contribution in [2.24, 2.45) is 11.8 Å². The summed E-state index contributed by atoms with van der Waals surface area (Å²) >= 11 is 0. The van der Waals surface area contributed by atoms with Crippen LogP contribution in [0.4, 0.5) is 0 Å². The Morgan fingerprint density at radius 1 is 1.08 bits per heavy atom. The first kappa shape index (κ1) is 17.9. The predicted molar refractivity (Wildman–Crippen MR) is 97.0 cm³/mol. The summed E-state index contributed by atoms with van der Waals surface area (Å²) in [6.07, 6.45) is 2.74. The lowest BCUT2D eigenvalue weighted by Gasteiger charge is -2.26. The SMILES string of the molecule is Cc1ccc2cc(S(=O)(=O)NCC3CCC(C(=O)O)CC3)ccc2c1. The van der Waals surface area contributed by atoms with Crippen molar-refractivity contribution in [2.75, 3.05) is 6.54 Å². The zero-order valence-electron chi connectivity index (χ0n) is 14.2. The van der Waals surface area contributed by atoms with Gasteiger partial charge in [0.2, 0.25) is 10.0 Å². The minimum atomic E-state index is -3.56. The Morgan fingerprint density at radius 3 is 2.40 bits per heavy atom. The molecular formula is C19H23NO4S. The number of rotatable bonds is 5. The fraction of sp³-hybridized carbons (Fsp3) is 0.421. The molecule has 2 aromatic carbocycles. The predicted octanol–water partition coefficient (Wildman–Crippen LogP) is 3.32. The van der Waals surface area contributed by atoms with E-state index in [1.807, 2.05) is 31.2 Å². The summed E-state index contributed by atoms with van der Waals surface area (Å²) in [5.41, 5.74) is 1.14. The van der Waals surface area contributed by atoms with Crippen LogP contribution in [0.5, 0.6) is 0 Å². The summed E-state index contributed by atoms with van der Waals surface area (Å²) in [6.45, 7) is 2.37. The Balaban J connectivity index is 1.66. The second kappa shape index (κ2) is 7.14. The molecule has 1 aliphatic rings. The second-order valence-electron chi connectivity index (χ2n) is 6.92. The first-order valence-corrected chi connectivity index (χ1v) is 10.1. The third-order valence-electron chi connectivity index (χ3n) is 5.04. The van der Waals surface area contributed by atoms with Crippen LogP contribution in [-0.2, 0) is 14.8 Å². The molecule has 0 aliphatic heterocycles. The van der Waals surface area contributed by atoms with Crippen molar-refractivity contribution in [1.29, 1.82) is 0 Å². The van der Waals surface area contributed by atoms with Gasteiger partial charge in [-0.25, -0.2) is 13.1 Å². The third-order valence-corrected chi connectivity index (χ3v) is 6.46. The van der Waals surface area contributed by atoms with Gasteiger partial charge in [-0.15, -0.1) is 0 Å². The molecule has 5 nitrogen and oxygen atoms in total. The van der Waals surface area contributed by atoms with Gasteiger partial charge in [-0.05, 0) is 61.4 Å². The van der Waals surface area contributed by atoms with Crippen molar-refractivity contribution >= 4 is 26.8 Å². The number of aryl methyl sites for hydroxylation is 1. The smallest absolute Gasteiger partial charge is 0.306 e. The first-order chi connectivity index (χ1) is 11.8. The number of fused-ring (bicyclic) bond motifs is 1. The van der Waals surface area contributed by atoms with Crippen LogP contribution in [0.3, 0.4) is 0 Å². The van der Waals surface area contributed by atoms with Crippen molar-refractivity contribution in [2.45, 2.75) is 37.5 Å². The Labute approximate surface area is 148 Å². The molecule has 0 radical (unpaired) electrons. The number of aliphatic carboxylic acids is 1. The highest BCUT2D eigenvalue weighted by Crippen LogP contribution is 2.29. The summed E-state index contributed by atoms with van der Waals surface area (Å²) in [5.74, 6) is -0.823. The van der Waals surface area contributed by atoms with Gasteiger partial charge in [-0.1, -0.05) is 29.8 Å². The second-order valence-corrected chi connectivity index (χ2v) is 8.69. The third kappa shape index (κ3) is 4.19. The number of hydrogen-bond acceptors (Lipinski definition) is 3. The monoisotopic (exact) mass is 361 g/mol.